The number of rotatable bonds is 0. The van der Waals surface area contributed by atoms with Gasteiger partial charge in [-0.3, -0.25) is 4.79 Å². The number of hydrogen-bond acceptors (Lipinski definition) is 3. The SMILES string of the molecule is C[C@]12O[C@H]1C[C@H](O)CC2=O. The summed E-state index contributed by atoms with van der Waals surface area (Å²) < 4.78 is 5.14. The lowest BCUT2D eigenvalue weighted by atomic mass is 9.88. The average Bonchev–Trinajstić information content (AvgIpc) is 2.42. The van der Waals surface area contributed by atoms with Gasteiger partial charge in [0, 0.05) is 12.8 Å². The molecule has 3 atom stereocenters. The molecule has 0 spiro atoms. The fraction of sp³-hybridized carbons (Fsp3) is 0.857. The van der Waals surface area contributed by atoms with E-state index in [1.165, 1.54) is 0 Å². The second kappa shape index (κ2) is 1.60. The molecule has 3 nitrogen and oxygen atoms in total. The minimum Gasteiger partial charge on any atom is -0.393 e. The minimum atomic E-state index is -0.515. The molecular weight excluding hydrogens is 132 g/mol. The first-order chi connectivity index (χ1) is 4.63. The Balaban J connectivity index is 2.16. The highest BCUT2D eigenvalue weighted by Gasteiger charge is 2.61. The third-order valence-corrected chi connectivity index (χ3v) is 2.41. The molecule has 0 bridgehead atoms. The van der Waals surface area contributed by atoms with Crippen molar-refractivity contribution in [1.29, 1.82) is 0 Å². The van der Waals surface area contributed by atoms with E-state index in [4.69, 9.17) is 9.84 Å². The van der Waals surface area contributed by atoms with Crippen LogP contribution in [0.2, 0.25) is 0 Å². The fourth-order valence-electron chi connectivity index (χ4n) is 1.53. The fourth-order valence-corrected chi connectivity index (χ4v) is 1.53. The Morgan fingerprint density at radius 2 is 2.50 bits per heavy atom. The average molecular weight is 142 g/mol. The number of ketones is 1. The van der Waals surface area contributed by atoms with Gasteiger partial charge in [-0.05, 0) is 6.92 Å². The summed E-state index contributed by atoms with van der Waals surface area (Å²) in [7, 11) is 0. The normalized spacial score (nSPS) is 52.4. The van der Waals surface area contributed by atoms with Crippen LogP contribution in [0.5, 0.6) is 0 Å². The van der Waals surface area contributed by atoms with Gasteiger partial charge >= 0.3 is 0 Å². The van der Waals surface area contributed by atoms with Gasteiger partial charge in [-0.2, -0.15) is 0 Å². The number of ether oxygens (including phenoxy) is 1. The first kappa shape index (κ1) is 6.31. The molecule has 1 aliphatic heterocycles. The first-order valence-corrected chi connectivity index (χ1v) is 3.52. The van der Waals surface area contributed by atoms with E-state index in [9.17, 15) is 4.79 Å². The quantitative estimate of drug-likeness (QED) is 0.479. The van der Waals surface area contributed by atoms with E-state index >= 15 is 0 Å². The summed E-state index contributed by atoms with van der Waals surface area (Å²) in [4.78, 5) is 11.1. The number of carbonyl (C=O) groups is 1. The third kappa shape index (κ3) is 0.646. The molecule has 2 aliphatic rings. The van der Waals surface area contributed by atoms with Gasteiger partial charge < -0.3 is 9.84 Å². The number of fused-ring (bicyclic) bond motifs is 1. The third-order valence-electron chi connectivity index (χ3n) is 2.41. The number of aliphatic hydroxyl groups excluding tert-OH is 1. The van der Waals surface area contributed by atoms with Crippen molar-refractivity contribution in [3.8, 4) is 0 Å². The molecule has 0 radical (unpaired) electrons. The second-order valence-corrected chi connectivity index (χ2v) is 3.23. The zero-order valence-electron chi connectivity index (χ0n) is 5.83. The topological polar surface area (TPSA) is 49.8 Å². The van der Waals surface area contributed by atoms with Gasteiger partial charge in [0.05, 0.1) is 12.2 Å². The van der Waals surface area contributed by atoms with E-state index in [1.54, 1.807) is 6.92 Å². The molecule has 0 aromatic carbocycles. The number of epoxide rings is 1. The molecule has 1 saturated carbocycles. The van der Waals surface area contributed by atoms with E-state index in [1.807, 2.05) is 0 Å². The molecule has 2 rings (SSSR count). The summed E-state index contributed by atoms with van der Waals surface area (Å²) in [6.07, 6.45) is 0.437. The highest BCUT2D eigenvalue weighted by atomic mass is 16.6. The van der Waals surface area contributed by atoms with Gasteiger partial charge in [-0.1, -0.05) is 0 Å². The van der Waals surface area contributed by atoms with Crippen LogP contribution >= 0.6 is 0 Å². The van der Waals surface area contributed by atoms with Crippen LogP contribution in [-0.4, -0.2) is 28.7 Å². The van der Waals surface area contributed by atoms with Gasteiger partial charge in [-0.25, -0.2) is 0 Å². The van der Waals surface area contributed by atoms with Crippen LogP contribution in [0.3, 0.4) is 0 Å². The molecule has 2 fully saturated rings. The van der Waals surface area contributed by atoms with Crippen molar-refractivity contribution in [3.63, 3.8) is 0 Å². The van der Waals surface area contributed by atoms with Crippen LogP contribution < -0.4 is 0 Å². The standard InChI is InChI=1S/C7H10O3/c1-7-5(9)2-4(8)3-6(7)10-7/h4,6,8H,2-3H2,1H3/t4-,6+,7-/m1/s1. The highest BCUT2D eigenvalue weighted by Crippen LogP contribution is 2.44. The predicted octanol–water partition coefficient (Wildman–Crippen LogP) is -0.132. The largest absolute Gasteiger partial charge is 0.393 e. The molecule has 1 heterocycles. The molecule has 56 valence electrons. The maximum atomic E-state index is 11.1. The Kier molecular flexibility index (Phi) is 1.01. The maximum absolute atomic E-state index is 11.1. The molecular formula is C7H10O3. The number of hydrogen-bond donors (Lipinski definition) is 1. The van der Waals surface area contributed by atoms with Crippen molar-refractivity contribution >= 4 is 5.78 Å². The zero-order chi connectivity index (χ0) is 7.35. The lowest BCUT2D eigenvalue weighted by molar-refractivity contribution is -0.126. The van der Waals surface area contributed by atoms with Crippen LogP contribution in [-0.2, 0) is 9.53 Å². The van der Waals surface area contributed by atoms with Gasteiger partial charge in [0.25, 0.3) is 0 Å². The Morgan fingerprint density at radius 3 is 3.10 bits per heavy atom. The molecule has 10 heavy (non-hydrogen) atoms. The van der Waals surface area contributed by atoms with E-state index < -0.39 is 11.7 Å². The first-order valence-electron chi connectivity index (χ1n) is 3.52. The van der Waals surface area contributed by atoms with Crippen molar-refractivity contribution in [2.75, 3.05) is 0 Å². The molecule has 0 amide bonds. The monoisotopic (exact) mass is 142 g/mol. The molecule has 0 aromatic rings. The molecule has 0 aromatic heterocycles. The summed E-state index contributed by atoms with van der Waals surface area (Å²) in [5.74, 6) is 0.0521. The van der Waals surface area contributed by atoms with Crippen LogP contribution in [0.25, 0.3) is 0 Å². The summed E-state index contributed by atoms with van der Waals surface area (Å²) in [5.41, 5.74) is -0.515. The van der Waals surface area contributed by atoms with Crippen LogP contribution in [0.15, 0.2) is 0 Å². The van der Waals surface area contributed by atoms with E-state index in [-0.39, 0.29) is 18.3 Å². The maximum Gasteiger partial charge on any atom is 0.169 e. The summed E-state index contributed by atoms with van der Waals surface area (Å²) >= 11 is 0. The summed E-state index contributed by atoms with van der Waals surface area (Å²) in [5, 5.41) is 9.09. The molecule has 0 unspecified atom stereocenters. The lowest BCUT2D eigenvalue weighted by Gasteiger charge is -2.15. The highest BCUT2D eigenvalue weighted by molar-refractivity contribution is 5.91. The molecule has 1 aliphatic carbocycles. The van der Waals surface area contributed by atoms with Crippen LogP contribution in [0.1, 0.15) is 19.8 Å². The van der Waals surface area contributed by atoms with Gasteiger partial charge in [-0.15, -0.1) is 0 Å². The zero-order valence-corrected chi connectivity index (χ0v) is 5.83. The Bertz CT molecular complexity index is 189. The lowest BCUT2D eigenvalue weighted by Crippen LogP contribution is -2.34. The number of aliphatic hydroxyl groups is 1. The predicted molar refractivity (Wildman–Crippen MR) is 33.5 cm³/mol. The number of Topliss-reactive ketones (excluding diaryl/α,β-unsaturated/α-hetero) is 1. The van der Waals surface area contributed by atoms with E-state index in [0.29, 0.717) is 6.42 Å². The Morgan fingerprint density at radius 1 is 1.80 bits per heavy atom. The number of carbonyl (C=O) groups excluding carboxylic acids is 1. The molecule has 1 saturated heterocycles. The van der Waals surface area contributed by atoms with Crippen molar-refractivity contribution in [3.05, 3.63) is 0 Å². The van der Waals surface area contributed by atoms with Crippen molar-refractivity contribution in [2.45, 2.75) is 37.6 Å². The Hall–Kier alpha value is -0.410. The van der Waals surface area contributed by atoms with Crippen LogP contribution in [0.4, 0.5) is 0 Å². The van der Waals surface area contributed by atoms with Crippen molar-refractivity contribution in [1.82, 2.24) is 0 Å². The second-order valence-electron chi connectivity index (χ2n) is 3.23. The summed E-state index contributed by atoms with van der Waals surface area (Å²) in [6.45, 7) is 1.80. The minimum absolute atomic E-state index is 0.00347. The molecule has 3 heteroatoms. The van der Waals surface area contributed by atoms with Gasteiger partial charge in [0.15, 0.2) is 5.78 Å². The van der Waals surface area contributed by atoms with Crippen molar-refractivity contribution in [2.24, 2.45) is 0 Å². The van der Waals surface area contributed by atoms with E-state index in [0.717, 1.165) is 0 Å². The summed E-state index contributed by atoms with van der Waals surface area (Å²) in [6, 6.07) is 0. The Labute approximate surface area is 59.0 Å². The van der Waals surface area contributed by atoms with Gasteiger partial charge in [0.1, 0.15) is 5.60 Å². The smallest absolute Gasteiger partial charge is 0.169 e. The van der Waals surface area contributed by atoms with E-state index in [2.05, 4.69) is 0 Å². The van der Waals surface area contributed by atoms with Crippen molar-refractivity contribution < 1.29 is 14.6 Å². The van der Waals surface area contributed by atoms with Crippen LogP contribution in [0, 0.1) is 0 Å². The van der Waals surface area contributed by atoms with Gasteiger partial charge in [0.2, 0.25) is 0 Å². The molecule has 1 N–H and O–H groups in total.